The molecule has 2 heteroatoms. The van der Waals surface area contributed by atoms with E-state index in [0.717, 1.165) is 30.6 Å². The average molecular weight is 281 g/mol. The molecule has 0 radical (unpaired) electrons. The summed E-state index contributed by atoms with van der Waals surface area (Å²) < 4.78 is 5.43. The largest absolute Gasteiger partial charge is 0.469 e. The maximum absolute atomic E-state index is 5.43. The van der Waals surface area contributed by atoms with Crippen LogP contribution in [0.15, 0.2) is 47.1 Å². The lowest BCUT2D eigenvalue weighted by atomic mass is 9.94. The van der Waals surface area contributed by atoms with Crippen LogP contribution < -0.4 is 5.32 Å². The summed E-state index contributed by atoms with van der Waals surface area (Å²) in [6.07, 6.45) is 8.04. The third-order valence-corrected chi connectivity index (χ3v) is 5.34. The Morgan fingerprint density at radius 2 is 1.67 bits per heavy atom. The first-order valence-corrected chi connectivity index (χ1v) is 8.23. The summed E-state index contributed by atoms with van der Waals surface area (Å²) in [4.78, 5) is 0. The quantitative estimate of drug-likeness (QED) is 0.926. The molecule has 0 spiro atoms. The number of nitrogens with one attached hydrogen (secondary N) is 1. The zero-order chi connectivity index (χ0) is 14.1. The molecule has 0 amide bonds. The van der Waals surface area contributed by atoms with Gasteiger partial charge in [0, 0.05) is 19.0 Å². The van der Waals surface area contributed by atoms with E-state index in [1.54, 1.807) is 17.4 Å². The summed E-state index contributed by atoms with van der Waals surface area (Å²) in [6, 6.07) is 13.8. The Morgan fingerprint density at radius 3 is 2.29 bits per heavy atom. The molecule has 21 heavy (non-hydrogen) atoms. The highest BCUT2D eigenvalue weighted by atomic mass is 16.3. The molecular formula is C19H23NO. The first kappa shape index (κ1) is 13.1. The van der Waals surface area contributed by atoms with Crippen LogP contribution in [-0.4, -0.2) is 12.6 Å². The third-order valence-electron chi connectivity index (χ3n) is 5.34. The van der Waals surface area contributed by atoms with Crippen LogP contribution in [0, 0.1) is 11.8 Å². The van der Waals surface area contributed by atoms with Gasteiger partial charge >= 0.3 is 0 Å². The van der Waals surface area contributed by atoms with Crippen molar-refractivity contribution in [3.8, 4) is 0 Å². The van der Waals surface area contributed by atoms with Gasteiger partial charge in [0.05, 0.1) is 6.26 Å². The van der Waals surface area contributed by atoms with Crippen molar-refractivity contribution in [2.24, 2.45) is 11.8 Å². The van der Waals surface area contributed by atoms with Gasteiger partial charge in [-0.25, -0.2) is 0 Å². The molecule has 1 aromatic carbocycles. The smallest absolute Gasteiger partial charge is 0.105 e. The monoisotopic (exact) mass is 281 g/mol. The number of rotatable bonds is 4. The molecule has 2 aromatic rings. The number of fused-ring (bicyclic) bond motifs is 3. The second-order valence-corrected chi connectivity index (χ2v) is 6.58. The van der Waals surface area contributed by atoms with Crippen molar-refractivity contribution in [1.29, 1.82) is 0 Å². The van der Waals surface area contributed by atoms with Gasteiger partial charge in [0.25, 0.3) is 0 Å². The Morgan fingerprint density at radius 1 is 0.952 bits per heavy atom. The van der Waals surface area contributed by atoms with Crippen LogP contribution in [0.4, 0.5) is 0 Å². The maximum Gasteiger partial charge on any atom is 0.105 e. The molecule has 1 N–H and O–H groups in total. The highest BCUT2D eigenvalue weighted by Gasteiger charge is 2.38. The minimum Gasteiger partial charge on any atom is -0.469 e. The fourth-order valence-electron chi connectivity index (χ4n) is 4.30. The van der Waals surface area contributed by atoms with Gasteiger partial charge in [-0.05, 0) is 60.8 Å². The van der Waals surface area contributed by atoms with Crippen LogP contribution in [0.2, 0.25) is 0 Å². The third kappa shape index (κ3) is 2.65. The van der Waals surface area contributed by atoms with E-state index in [0.29, 0.717) is 6.04 Å². The Bertz CT molecular complexity index is 556. The molecule has 2 nitrogen and oxygen atoms in total. The van der Waals surface area contributed by atoms with Crippen LogP contribution in [0.1, 0.15) is 29.7 Å². The van der Waals surface area contributed by atoms with Crippen molar-refractivity contribution in [1.82, 2.24) is 5.32 Å². The van der Waals surface area contributed by atoms with Crippen LogP contribution >= 0.6 is 0 Å². The zero-order valence-corrected chi connectivity index (χ0v) is 12.4. The number of hydrogen-bond acceptors (Lipinski definition) is 2. The molecular weight excluding hydrogens is 258 g/mol. The highest BCUT2D eigenvalue weighted by molar-refractivity contribution is 5.30. The summed E-state index contributed by atoms with van der Waals surface area (Å²) in [5, 5.41) is 3.84. The molecule has 1 heterocycles. The van der Waals surface area contributed by atoms with E-state index < -0.39 is 0 Å². The SMILES string of the molecule is c1coc(CCNC2C3CCC2Cc2ccccc2C3)c1. The summed E-state index contributed by atoms with van der Waals surface area (Å²) in [5.41, 5.74) is 3.17. The first-order chi connectivity index (χ1) is 10.4. The lowest BCUT2D eigenvalue weighted by Gasteiger charge is -2.23. The second kappa shape index (κ2) is 5.69. The minimum atomic E-state index is 0.687. The Hall–Kier alpha value is -1.54. The fraction of sp³-hybridized carbons (Fsp3) is 0.474. The second-order valence-electron chi connectivity index (χ2n) is 6.58. The lowest BCUT2D eigenvalue weighted by molar-refractivity contribution is 0.340. The van der Waals surface area contributed by atoms with Crippen molar-refractivity contribution >= 4 is 0 Å². The van der Waals surface area contributed by atoms with Crippen molar-refractivity contribution < 1.29 is 4.42 Å². The molecule has 2 aliphatic rings. The first-order valence-electron chi connectivity index (χ1n) is 8.23. The van der Waals surface area contributed by atoms with Crippen LogP contribution in [0.3, 0.4) is 0 Å². The summed E-state index contributed by atoms with van der Waals surface area (Å²) in [5.74, 6) is 2.72. The van der Waals surface area contributed by atoms with E-state index >= 15 is 0 Å². The van der Waals surface area contributed by atoms with Gasteiger partial charge in [-0.3, -0.25) is 0 Å². The fourth-order valence-corrected chi connectivity index (χ4v) is 4.30. The molecule has 1 aromatic heterocycles. The van der Waals surface area contributed by atoms with Gasteiger partial charge in [-0.15, -0.1) is 0 Å². The van der Waals surface area contributed by atoms with Gasteiger partial charge in [-0.1, -0.05) is 24.3 Å². The van der Waals surface area contributed by atoms with Crippen LogP contribution in [0.5, 0.6) is 0 Å². The molecule has 2 bridgehead atoms. The maximum atomic E-state index is 5.43. The minimum absolute atomic E-state index is 0.687. The summed E-state index contributed by atoms with van der Waals surface area (Å²) in [7, 11) is 0. The zero-order valence-electron chi connectivity index (χ0n) is 12.4. The van der Waals surface area contributed by atoms with Crippen LogP contribution in [-0.2, 0) is 19.3 Å². The predicted molar refractivity (Wildman–Crippen MR) is 84.3 cm³/mol. The highest BCUT2D eigenvalue weighted by Crippen LogP contribution is 2.39. The van der Waals surface area contributed by atoms with E-state index in [9.17, 15) is 0 Å². The van der Waals surface area contributed by atoms with Crippen molar-refractivity contribution in [3.05, 3.63) is 59.5 Å². The average Bonchev–Trinajstić information content (AvgIpc) is 3.08. The van der Waals surface area contributed by atoms with Gasteiger partial charge in [0.1, 0.15) is 5.76 Å². The van der Waals surface area contributed by atoms with Crippen molar-refractivity contribution in [2.75, 3.05) is 6.54 Å². The summed E-state index contributed by atoms with van der Waals surface area (Å²) in [6.45, 7) is 1.03. The van der Waals surface area contributed by atoms with E-state index in [4.69, 9.17) is 4.42 Å². The normalized spacial score (nSPS) is 27.3. The standard InChI is InChI=1S/C19H23NO/c1-2-5-15-13-17-8-7-16(12-14(15)4-1)19(17)20-10-9-18-6-3-11-21-18/h1-6,11,16-17,19-20H,7-10,12-13H2. The van der Waals surface area contributed by atoms with Gasteiger partial charge in [0.2, 0.25) is 0 Å². The predicted octanol–water partition coefficient (Wildman–Crippen LogP) is 3.61. The topological polar surface area (TPSA) is 25.2 Å². The molecule has 2 aliphatic carbocycles. The van der Waals surface area contributed by atoms with E-state index in [-0.39, 0.29) is 0 Å². The van der Waals surface area contributed by atoms with E-state index in [2.05, 4.69) is 35.6 Å². The van der Waals surface area contributed by atoms with Crippen molar-refractivity contribution in [3.63, 3.8) is 0 Å². The summed E-state index contributed by atoms with van der Waals surface area (Å²) >= 11 is 0. The van der Waals surface area contributed by atoms with Crippen molar-refractivity contribution in [2.45, 2.75) is 38.1 Å². The Balaban J connectivity index is 1.43. The van der Waals surface area contributed by atoms with E-state index in [1.165, 1.54) is 25.7 Å². The number of furan rings is 1. The molecule has 0 aliphatic heterocycles. The lowest BCUT2D eigenvalue weighted by Crippen LogP contribution is -2.39. The van der Waals surface area contributed by atoms with Gasteiger partial charge in [-0.2, -0.15) is 0 Å². The number of hydrogen-bond donors (Lipinski definition) is 1. The molecule has 4 rings (SSSR count). The molecule has 1 saturated carbocycles. The Kier molecular flexibility index (Phi) is 3.56. The van der Waals surface area contributed by atoms with E-state index in [1.807, 2.05) is 6.07 Å². The van der Waals surface area contributed by atoms with Crippen LogP contribution in [0.25, 0.3) is 0 Å². The van der Waals surface area contributed by atoms with Gasteiger partial charge in [0.15, 0.2) is 0 Å². The molecule has 0 saturated heterocycles. The molecule has 2 atom stereocenters. The molecule has 1 fully saturated rings. The molecule has 110 valence electrons. The van der Waals surface area contributed by atoms with Gasteiger partial charge < -0.3 is 9.73 Å². The number of benzene rings is 1. The molecule has 2 unspecified atom stereocenters. The Labute approximate surface area is 126 Å².